The maximum Gasteiger partial charge on any atom is 0.355 e. The molecule has 0 aromatic carbocycles. The molecule has 1 atom stereocenters. The molecule has 0 bridgehead atoms. The van der Waals surface area contributed by atoms with E-state index < -0.39 is 5.69 Å². The second kappa shape index (κ2) is 6.07. The van der Waals surface area contributed by atoms with Crippen molar-refractivity contribution >= 4 is 5.95 Å². The summed E-state index contributed by atoms with van der Waals surface area (Å²) in [6, 6.07) is -0.176. The van der Waals surface area contributed by atoms with Crippen LogP contribution in [0.5, 0.6) is 0 Å². The number of rotatable bonds is 2. The van der Waals surface area contributed by atoms with Crippen LogP contribution in [-0.4, -0.2) is 28.2 Å². The predicted octanol–water partition coefficient (Wildman–Crippen LogP) is 1.07. The highest BCUT2D eigenvalue weighted by Crippen LogP contribution is 2.19. The molecular formula is C14H22N4O2. The normalized spacial score (nSPS) is 21.1. The van der Waals surface area contributed by atoms with Gasteiger partial charge >= 0.3 is 11.4 Å². The first kappa shape index (κ1) is 14.6. The Labute approximate surface area is 118 Å². The summed E-state index contributed by atoms with van der Waals surface area (Å²) >= 11 is 0. The smallest absolute Gasteiger partial charge is 0.348 e. The van der Waals surface area contributed by atoms with Gasteiger partial charge in [-0.1, -0.05) is 25.0 Å². The lowest BCUT2D eigenvalue weighted by molar-refractivity contribution is 0.452. The van der Waals surface area contributed by atoms with Gasteiger partial charge in [0.1, 0.15) is 0 Å². The van der Waals surface area contributed by atoms with Gasteiger partial charge in [0.05, 0.1) is 6.04 Å². The van der Waals surface area contributed by atoms with E-state index in [4.69, 9.17) is 0 Å². The van der Waals surface area contributed by atoms with E-state index in [2.05, 4.69) is 11.1 Å². The summed E-state index contributed by atoms with van der Waals surface area (Å²) in [5.74, 6) is 0.381. The SMILES string of the molecule is CN(C)c1nc(=O)n(C2/C=C\CCCCC2)c(=O)n1C. The molecule has 0 amide bonds. The minimum absolute atomic E-state index is 0.176. The lowest BCUT2D eigenvalue weighted by atomic mass is 10.0. The number of aromatic nitrogens is 3. The van der Waals surface area contributed by atoms with Crippen LogP contribution in [0.2, 0.25) is 0 Å². The molecular weight excluding hydrogens is 256 g/mol. The number of hydrogen-bond acceptors (Lipinski definition) is 4. The molecule has 0 radical (unpaired) electrons. The molecule has 0 saturated carbocycles. The van der Waals surface area contributed by atoms with Crippen LogP contribution in [0.3, 0.4) is 0 Å². The first-order valence-corrected chi connectivity index (χ1v) is 7.06. The maximum absolute atomic E-state index is 12.4. The van der Waals surface area contributed by atoms with Crippen LogP contribution in [0, 0.1) is 0 Å². The topological polar surface area (TPSA) is 60.1 Å². The molecule has 0 spiro atoms. The second-order valence-corrected chi connectivity index (χ2v) is 5.43. The first-order valence-electron chi connectivity index (χ1n) is 7.06. The monoisotopic (exact) mass is 278 g/mol. The van der Waals surface area contributed by atoms with Crippen molar-refractivity contribution in [1.29, 1.82) is 0 Å². The summed E-state index contributed by atoms with van der Waals surface area (Å²) in [7, 11) is 5.18. The van der Waals surface area contributed by atoms with E-state index in [1.54, 1.807) is 26.0 Å². The maximum atomic E-state index is 12.4. The van der Waals surface area contributed by atoms with Gasteiger partial charge in [0.2, 0.25) is 5.95 Å². The largest absolute Gasteiger partial charge is 0.355 e. The van der Waals surface area contributed by atoms with Gasteiger partial charge in [-0.05, 0) is 19.3 Å². The van der Waals surface area contributed by atoms with Crippen molar-refractivity contribution in [1.82, 2.24) is 14.1 Å². The molecule has 1 aromatic rings. The molecule has 0 saturated heterocycles. The second-order valence-electron chi connectivity index (χ2n) is 5.43. The minimum atomic E-state index is -0.466. The summed E-state index contributed by atoms with van der Waals surface area (Å²) in [5, 5.41) is 0. The lowest BCUT2D eigenvalue weighted by Gasteiger charge is -2.20. The van der Waals surface area contributed by atoms with Crippen molar-refractivity contribution in [3.05, 3.63) is 33.1 Å². The Morgan fingerprint density at radius 1 is 1.25 bits per heavy atom. The Kier molecular flexibility index (Phi) is 4.42. The number of allylic oxidation sites excluding steroid dienone is 2. The van der Waals surface area contributed by atoms with E-state index in [1.165, 1.54) is 15.6 Å². The molecule has 1 aliphatic carbocycles. The highest BCUT2D eigenvalue weighted by Gasteiger charge is 2.18. The van der Waals surface area contributed by atoms with Crippen molar-refractivity contribution in [3.63, 3.8) is 0 Å². The van der Waals surface area contributed by atoms with E-state index in [0.717, 1.165) is 25.7 Å². The molecule has 2 rings (SSSR count). The van der Waals surface area contributed by atoms with Crippen molar-refractivity contribution < 1.29 is 0 Å². The van der Waals surface area contributed by atoms with Crippen LogP contribution in [0.1, 0.15) is 38.1 Å². The first-order chi connectivity index (χ1) is 9.52. The van der Waals surface area contributed by atoms with Crippen LogP contribution in [-0.2, 0) is 7.05 Å². The standard InChI is InChI=1S/C14H22N4O2/c1-16(2)12-15-13(19)18(14(20)17(12)3)11-9-7-5-4-6-8-10-11/h7,9,11H,4-6,8,10H2,1-3H3/b9-7-. The summed E-state index contributed by atoms with van der Waals surface area (Å²) in [6.07, 6.45) is 9.20. The Bertz CT molecular complexity index is 613. The molecule has 0 aliphatic heterocycles. The third-order valence-corrected chi connectivity index (χ3v) is 3.66. The van der Waals surface area contributed by atoms with Gasteiger partial charge in [0.15, 0.2) is 0 Å². The van der Waals surface area contributed by atoms with Crippen molar-refractivity contribution in [2.24, 2.45) is 7.05 Å². The Morgan fingerprint density at radius 3 is 2.70 bits per heavy atom. The minimum Gasteiger partial charge on any atom is -0.348 e. The van der Waals surface area contributed by atoms with E-state index in [-0.39, 0.29) is 11.7 Å². The Hall–Kier alpha value is -1.85. The van der Waals surface area contributed by atoms with E-state index in [1.807, 2.05) is 6.08 Å². The van der Waals surface area contributed by atoms with Crippen LogP contribution in [0.15, 0.2) is 21.7 Å². The molecule has 110 valence electrons. The van der Waals surface area contributed by atoms with Crippen molar-refractivity contribution in [2.45, 2.75) is 38.1 Å². The molecule has 1 aromatic heterocycles. The average Bonchev–Trinajstić information content (AvgIpc) is 2.35. The summed E-state index contributed by atoms with van der Waals surface area (Å²) in [6.45, 7) is 0. The van der Waals surface area contributed by atoms with Gasteiger partial charge < -0.3 is 4.90 Å². The Balaban J connectivity index is 2.51. The summed E-state index contributed by atoms with van der Waals surface area (Å²) < 4.78 is 2.70. The van der Waals surface area contributed by atoms with Gasteiger partial charge in [-0.15, -0.1) is 0 Å². The fourth-order valence-corrected chi connectivity index (χ4v) is 2.58. The third kappa shape index (κ3) is 2.84. The van der Waals surface area contributed by atoms with Crippen LogP contribution in [0.25, 0.3) is 0 Å². The van der Waals surface area contributed by atoms with Crippen LogP contribution < -0.4 is 16.3 Å². The quantitative estimate of drug-likeness (QED) is 0.759. The highest BCUT2D eigenvalue weighted by molar-refractivity contribution is 5.25. The lowest BCUT2D eigenvalue weighted by Crippen LogP contribution is -2.44. The van der Waals surface area contributed by atoms with Gasteiger partial charge in [-0.2, -0.15) is 4.98 Å². The van der Waals surface area contributed by atoms with Crippen LogP contribution in [0.4, 0.5) is 5.95 Å². The zero-order valence-electron chi connectivity index (χ0n) is 12.4. The molecule has 20 heavy (non-hydrogen) atoms. The van der Waals surface area contributed by atoms with E-state index >= 15 is 0 Å². The summed E-state index contributed by atoms with van der Waals surface area (Å²) in [5.41, 5.74) is -0.768. The number of anilines is 1. The van der Waals surface area contributed by atoms with Crippen molar-refractivity contribution in [3.8, 4) is 0 Å². The molecule has 1 heterocycles. The number of hydrogen-bond donors (Lipinski definition) is 0. The predicted molar refractivity (Wildman–Crippen MR) is 79.3 cm³/mol. The molecule has 0 N–H and O–H groups in total. The summed E-state index contributed by atoms with van der Waals surface area (Å²) in [4.78, 5) is 30.3. The molecule has 6 nitrogen and oxygen atoms in total. The zero-order chi connectivity index (χ0) is 14.7. The molecule has 1 unspecified atom stereocenters. The fourth-order valence-electron chi connectivity index (χ4n) is 2.58. The molecule has 0 fully saturated rings. The van der Waals surface area contributed by atoms with Crippen molar-refractivity contribution in [2.75, 3.05) is 19.0 Å². The number of nitrogens with zero attached hydrogens (tertiary/aromatic N) is 4. The fraction of sp³-hybridized carbons (Fsp3) is 0.643. The Morgan fingerprint density at radius 2 is 2.00 bits per heavy atom. The average molecular weight is 278 g/mol. The van der Waals surface area contributed by atoms with Gasteiger partial charge in [0, 0.05) is 21.1 Å². The molecule has 1 aliphatic rings. The highest BCUT2D eigenvalue weighted by atomic mass is 16.2. The van der Waals surface area contributed by atoms with Crippen LogP contribution >= 0.6 is 0 Å². The van der Waals surface area contributed by atoms with Gasteiger partial charge in [0.25, 0.3) is 0 Å². The van der Waals surface area contributed by atoms with E-state index in [9.17, 15) is 9.59 Å². The third-order valence-electron chi connectivity index (χ3n) is 3.66. The van der Waals surface area contributed by atoms with E-state index in [0.29, 0.717) is 5.95 Å². The zero-order valence-corrected chi connectivity index (χ0v) is 12.4. The van der Waals surface area contributed by atoms with Gasteiger partial charge in [-0.25, -0.2) is 14.2 Å². The molecule has 6 heteroatoms. The van der Waals surface area contributed by atoms with Gasteiger partial charge in [-0.3, -0.25) is 4.57 Å².